The third kappa shape index (κ3) is 4.25. The Hall–Kier alpha value is -2.91. The maximum Gasteiger partial charge on any atom is 0.234 e. The summed E-state index contributed by atoms with van der Waals surface area (Å²) in [6, 6.07) is 27.9. The van der Waals surface area contributed by atoms with Crippen LogP contribution in [0, 0.1) is 0 Å². The number of amides is 1. The van der Waals surface area contributed by atoms with Crippen LogP contribution in [0.15, 0.2) is 78.9 Å². The van der Waals surface area contributed by atoms with Gasteiger partial charge in [-0.05, 0) is 33.7 Å². The zero-order chi connectivity index (χ0) is 20.2. The van der Waals surface area contributed by atoms with Crippen LogP contribution in [-0.2, 0) is 11.3 Å². The number of nitrogens with one attached hydrogen (secondary N) is 1. The van der Waals surface area contributed by atoms with Crippen LogP contribution in [0.2, 0.25) is 0 Å². The summed E-state index contributed by atoms with van der Waals surface area (Å²) >= 11 is 0. The highest BCUT2D eigenvalue weighted by Crippen LogP contribution is 2.33. The smallest absolute Gasteiger partial charge is 0.234 e. The van der Waals surface area contributed by atoms with Crippen LogP contribution in [0.4, 0.5) is 0 Å². The van der Waals surface area contributed by atoms with Crippen molar-refractivity contribution in [3.8, 4) is 11.1 Å². The zero-order valence-electron chi connectivity index (χ0n) is 17.1. The standard InChI is InChI=1S/C26H28N2O/c1-19(2)22-13-8-9-15-24(22)23-14-7-6-12-21(23)17-28-18-26(29)27-16-25(28)20-10-4-3-5-11-20/h3-15,19,25H,16-18H2,1-2H3,(H,27,29). The molecule has 4 rings (SSSR count). The lowest BCUT2D eigenvalue weighted by molar-refractivity contribution is -0.125. The Labute approximate surface area is 173 Å². The average Bonchev–Trinajstić information content (AvgIpc) is 2.75. The van der Waals surface area contributed by atoms with Gasteiger partial charge in [0.05, 0.1) is 12.6 Å². The molecule has 1 unspecified atom stereocenters. The molecule has 0 aliphatic carbocycles. The van der Waals surface area contributed by atoms with Crippen molar-refractivity contribution in [2.75, 3.05) is 13.1 Å². The molecule has 3 aromatic rings. The van der Waals surface area contributed by atoms with Gasteiger partial charge < -0.3 is 5.32 Å². The summed E-state index contributed by atoms with van der Waals surface area (Å²) in [7, 11) is 0. The Bertz CT molecular complexity index is 981. The van der Waals surface area contributed by atoms with E-state index in [1.165, 1.54) is 27.8 Å². The molecule has 3 nitrogen and oxygen atoms in total. The van der Waals surface area contributed by atoms with E-state index in [0.717, 1.165) is 6.54 Å². The molecule has 1 heterocycles. The summed E-state index contributed by atoms with van der Waals surface area (Å²) in [5, 5.41) is 3.04. The maximum atomic E-state index is 12.2. The highest BCUT2D eigenvalue weighted by Gasteiger charge is 2.28. The zero-order valence-corrected chi connectivity index (χ0v) is 17.1. The molecule has 1 aliphatic heterocycles. The second kappa shape index (κ2) is 8.62. The van der Waals surface area contributed by atoms with Crippen molar-refractivity contribution in [2.45, 2.75) is 32.4 Å². The quantitative estimate of drug-likeness (QED) is 0.660. The molecular formula is C26H28N2O. The van der Waals surface area contributed by atoms with Gasteiger partial charge in [-0.15, -0.1) is 0 Å². The summed E-state index contributed by atoms with van der Waals surface area (Å²) < 4.78 is 0. The minimum atomic E-state index is 0.0947. The Kier molecular flexibility index (Phi) is 5.77. The molecule has 29 heavy (non-hydrogen) atoms. The van der Waals surface area contributed by atoms with Crippen LogP contribution in [-0.4, -0.2) is 23.9 Å². The van der Waals surface area contributed by atoms with Gasteiger partial charge >= 0.3 is 0 Å². The Balaban J connectivity index is 1.70. The van der Waals surface area contributed by atoms with Crippen molar-refractivity contribution >= 4 is 5.91 Å². The third-order valence-electron chi connectivity index (χ3n) is 5.73. The fourth-order valence-electron chi connectivity index (χ4n) is 4.25. The van der Waals surface area contributed by atoms with E-state index < -0.39 is 0 Å². The van der Waals surface area contributed by atoms with E-state index in [1.807, 2.05) is 6.07 Å². The molecule has 1 fully saturated rings. The van der Waals surface area contributed by atoms with Crippen LogP contribution in [0.3, 0.4) is 0 Å². The van der Waals surface area contributed by atoms with Gasteiger partial charge in [0.25, 0.3) is 0 Å². The van der Waals surface area contributed by atoms with Crippen molar-refractivity contribution in [1.82, 2.24) is 10.2 Å². The first kappa shape index (κ1) is 19.4. The molecule has 0 aromatic heterocycles. The number of benzene rings is 3. The highest BCUT2D eigenvalue weighted by molar-refractivity contribution is 5.79. The predicted octanol–water partition coefficient (Wildman–Crippen LogP) is 5.15. The molecule has 1 saturated heterocycles. The van der Waals surface area contributed by atoms with Gasteiger partial charge in [0.2, 0.25) is 5.91 Å². The molecule has 1 N–H and O–H groups in total. The average molecular weight is 385 g/mol. The number of rotatable bonds is 5. The van der Waals surface area contributed by atoms with E-state index in [4.69, 9.17) is 0 Å². The molecule has 1 atom stereocenters. The molecule has 1 aliphatic rings. The fourth-order valence-corrected chi connectivity index (χ4v) is 4.25. The Morgan fingerprint density at radius 2 is 1.55 bits per heavy atom. The van der Waals surface area contributed by atoms with E-state index in [1.54, 1.807) is 0 Å². The van der Waals surface area contributed by atoms with Gasteiger partial charge in [-0.3, -0.25) is 9.69 Å². The van der Waals surface area contributed by atoms with Gasteiger partial charge in [0.1, 0.15) is 0 Å². The molecule has 0 radical (unpaired) electrons. The lowest BCUT2D eigenvalue weighted by Gasteiger charge is -2.36. The first-order valence-electron chi connectivity index (χ1n) is 10.4. The van der Waals surface area contributed by atoms with Crippen molar-refractivity contribution < 1.29 is 4.79 Å². The lowest BCUT2D eigenvalue weighted by Crippen LogP contribution is -2.49. The van der Waals surface area contributed by atoms with Crippen molar-refractivity contribution in [2.24, 2.45) is 0 Å². The second-order valence-corrected chi connectivity index (χ2v) is 8.03. The molecule has 0 saturated carbocycles. The summed E-state index contributed by atoms with van der Waals surface area (Å²) in [5.41, 5.74) is 6.41. The van der Waals surface area contributed by atoms with Crippen LogP contribution < -0.4 is 5.32 Å². The van der Waals surface area contributed by atoms with Gasteiger partial charge in [-0.25, -0.2) is 0 Å². The monoisotopic (exact) mass is 384 g/mol. The van der Waals surface area contributed by atoms with Gasteiger partial charge in [-0.1, -0.05) is 92.7 Å². The number of carbonyl (C=O) groups excluding carboxylic acids is 1. The fraction of sp³-hybridized carbons (Fsp3) is 0.269. The Morgan fingerprint density at radius 3 is 2.31 bits per heavy atom. The summed E-state index contributed by atoms with van der Waals surface area (Å²) in [6.45, 7) is 6.28. The van der Waals surface area contributed by atoms with E-state index in [-0.39, 0.29) is 11.9 Å². The van der Waals surface area contributed by atoms with E-state index in [2.05, 4.69) is 96.9 Å². The molecule has 1 amide bonds. The summed E-state index contributed by atoms with van der Waals surface area (Å²) in [4.78, 5) is 14.5. The predicted molar refractivity (Wildman–Crippen MR) is 119 cm³/mol. The number of hydrogen-bond donors (Lipinski definition) is 1. The molecular weight excluding hydrogens is 356 g/mol. The van der Waals surface area contributed by atoms with E-state index in [9.17, 15) is 4.79 Å². The number of carbonyl (C=O) groups is 1. The SMILES string of the molecule is CC(C)c1ccccc1-c1ccccc1CN1CC(=O)NCC1c1ccccc1. The topological polar surface area (TPSA) is 32.3 Å². The maximum absolute atomic E-state index is 12.2. The van der Waals surface area contributed by atoms with Gasteiger partial charge in [0.15, 0.2) is 0 Å². The third-order valence-corrected chi connectivity index (χ3v) is 5.73. The van der Waals surface area contributed by atoms with E-state index in [0.29, 0.717) is 19.0 Å². The van der Waals surface area contributed by atoms with Crippen LogP contribution in [0.5, 0.6) is 0 Å². The highest BCUT2D eigenvalue weighted by atomic mass is 16.2. The van der Waals surface area contributed by atoms with Crippen molar-refractivity contribution in [1.29, 1.82) is 0 Å². The molecule has 0 spiro atoms. The first-order chi connectivity index (χ1) is 14.1. The molecule has 3 heteroatoms. The van der Waals surface area contributed by atoms with Gasteiger partial charge in [-0.2, -0.15) is 0 Å². The molecule has 148 valence electrons. The minimum Gasteiger partial charge on any atom is -0.353 e. The summed E-state index contributed by atoms with van der Waals surface area (Å²) in [6.07, 6.45) is 0. The molecule has 0 bridgehead atoms. The van der Waals surface area contributed by atoms with Crippen molar-refractivity contribution in [3.05, 3.63) is 95.6 Å². The summed E-state index contributed by atoms with van der Waals surface area (Å²) in [5.74, 6) is 0.550. The van der Waals surface area contributed by atoms with Crippen LogP contribution in [0.25, 0.3) is 11.1 Å². The van der Waals surface area contributed by atoms with Crippen LogP contribution in [0.1, 0.15) is 42.5 Å². The lowest BCUT2D eigenvalue weighted by atomic mass is 9.90. The van der Waals surface area contributed by atoms with Gasteiger partial charge in [0, 0.05) is 13.1 Å². The molecule has 3 aromatic carbocycles. The first-order valence-corrected chi connectivity index (χ1v) is 10.4. The number of nitrogens with zero attached hydrogens (tertiary/aromatic N) is 1. The minimum absolute atomic E-state index is 0.0947. The van der Waals surface area contributed by atoms with Crippen LogP contribution >= 0.6 is 0 Å². The number of hydrogen-bond acceptors (Lipinski definition) is 2. The Morgan fingerprint density at radius 1 is 0.897 bits per heavy atom. The normalized spacial score (nSPS) is 17.3. The largest absolute Gasteiger partial charge is 0.353 e. The van der Waals surface area contributed by atoms with Crippen molar-refractivity contribution in [3.63, 3.8) is 0 Å². The van der Waals surface area contributed by atoms with E-state index >= 15 is 0 Å². The second-order valence-electron chi connectivity index (χ2n) is 8.03. The number of piperazine rings is 1.